The Labute approximate surface area is 149 Å². The molecule has 1 aliphatic carbocycles. The van der Waals surface area contributed by atoms with Crippen molar-refractivity contribution in [2.24, 2.45) is 0 Å². The van der Waals surface area contributed by atoms with Crippen LogP contribution >= 0.6 is 0 Å². The molecule has 0 radical (unpaired) electrons. The van der Waals surface area contributed by atoms with Gasteiger partial charge in [-0.15, -0.1) is 0 Å². The minimum absolute atomic E-state index is 0.0979. The van der Waals surface area contributed by atoms with Gasteiger partial charge in [0.15, 0.2) is 0 Å². The molecule has 2 aliphatic rings. The van der Waals surface area contributed by atoms with Crippen LogP contribution in [0.15, 0.2) is 24.5 Å². The van der Waals surface area contributed by atoms with E-state index < -0.39 is 0 Å². The van der Waals surface area contributed by atoms with Crippen molar-refractivity contribution in [1.82, 2.24) is 24.6 Å². The molecule has 2 aromatic heterocycles. The summed E-state index contributed by atoms with van der Waals surface area (Å²) < 4.78 is 7.80. The number of nitrogens with zero attached hydrogens (tertiary/aromatic N) is 5. The molecule has 1 saturated heterocycles. The zero-order valence-electron chi connectivity index (χ0n) is 15.0. The van der Waals surface area contributed by atoms with Gasteiger partial charge in [-0.25, -0.2) is 9.67 Å². The zero-order chi connectivity index (χ0) is 17.1. The summed E-state index contributed by atoms with van der Waals surface area (Å²) in [5.41, 5.74) is 1.19. The second kappa shape index (κ2) is 7.62. The molecule has 2 aromatic rings. The Morgan fingerprint density at radius 3 is 2.68 bits per heavy atom. The summed E-state index contributed by atoms with van der Waals surface area (Å²) in [4.78, 5) is 11.7. The molecule has 4 rings (SSSR count). The van der Waals surface area contributed by atoms with Crippen molar-refractivity contribution in [2.75, 3.05) is 26.3 Å². The van der Waals surface area contributed by atoms with E-state index in [0.29, 0.717) is 6.04 Å². The van der Waals surface area contributed by atoms with E-state index in [1.54, 1.807) is 0 Å². The molecule has 6 heteroatoms. The van der Waals surface area contributed by atoms with Crippen LogP contribution in [0.2, 0.25) is 0 Å². The van der Waals surface area contributed by atoms with E-state index in [-0.39, 0.29) is 6.04 Å². The molecule has 0 spiro atoms. The molecule has 3 heterocycles. The highest BCUT2D eigenvalue weighted by molar-refractivity contribution is 5.23. The molecule has 1 atom stereocenters. The highest BCUT2D eigenvalue weighted by Gasteiger charge is 2.31. The Morgan fingerprint density at radius 2 is 1.96 bits per heavy atom. The normalized spacial score (nSPS) is 21.3. The number of rotatable bonds is 4. The third-order valence-corrected chi connectivity index (χ3v) is 5.34. The number of hydrogen-bond donors (Lipinski definition) is 0. The zero-order valence-corrected chi connectivity index (χ0v) is 15.0. The van der Waals surface area contributed by atoms with Crippen LogP contribution in [0.3, 0.4) is 0 Å². The second-order valence-electron chi connectivity index (χ2n) is 7.09. The maximum absolute atomic E-state index is 5.57. The van der Waals surface area contributed by atoms with Crippen molar-refractivity contribution >= 4 is 0 Å². The van der Waals surface area contributed by atoms with Crippen LogP contribution in [0.4, 0.5) is 0 Å². The molecular formula is C19H27N5O. The van der Waals surface area contributed by atoms with E-state index in [0.717, 1.165) is 38.0 Å². The lowest BCUT2D eigenvalue weighted by Crippen LogP contribution is -2.41. The maximum atomic E-state index is 5.57. The Kier molecular flexibility index (Phi) is 5.08. The van der Waals surface area contributed by atoms with Gasteiger partial charge in [0.05, 0.1) is 25.3 Å². The van der Waals surface area contributed by atoms with Crippen molar-refractivity contribution < 1.29 is 4.74 Å². The molecule has 134 valence electrons. The van der Waals surface area contributed by atoms with Crippen LogP contribution in [0.5, 0.6) is 0 Å². The topological polar surface area (TPSA) is 56.1 Å². The molecule has 0 amide bonds. The average Bonchev–Trinajstić information content (AvgIpc) is 3.06. The summed E-state index contributed by atoms with van der Waals surface area (Å²) in [5, 5.41) is 4.80. The first kappa shape index (κ1) is 16.7. The number of aryl methyl sites for hydroxylation is 1. The van der Waals surface area contributed by atoms with Crippen molar-refractivity contribution in [2.45, 2.75) is 51.1 Å². The largest absolute Gasteiger partial charge is 0.379 e. The highest BCUT2D eigenvalue weighted by Crippen LogP contribution is 2.34. The van der Waals surface area contributed by atoms with E-state index in [1.807, 2.05) is 25.4 Å². The maximum Gasteiger partial charge on any atom is 0.149 e. The predicted octanol–water partition coefficient (Wildman–Crippen LogP) is 2.91. The van der Waals surface area contributed by atoms with Crippen LogP contribution in [-0.2, 0) is 4.74 Å². The van der Waals surface area contributed by atoms with Crippen LogP contribution in [0.1, 0.15) is 61.4 Å². The van der Waals surface area contributed by atoms with E-state index in [9.17, 15) is 0 Å². The summed E-state index contributed by atoms with van der Waals surface area (Å²) >= 11 is 0. The van der Waals surface area contributed by atoms with Crippen LogP contribution in [-0.4, -0.2) is 51.0 Å². The van der Waals surface area contributed by atoms with Gasteiger partial charge in [0.25, 0.3) is 0 Å². The SMILES string of the molecule is Cc1nc([C@@H](c2cccnc2)N2CCOCC2)n(C2CCCCC2)n1. The van der Waals surface area contributed by atoms with Gasteiger partial charge in [0, 0.05) is 25.5 Å². The summed E-state index contributed by atoms with van der Waals surface area (Å²) in [7, 11) is 0. The summed E-state index contributed by atoms with van der Waals surface area (Å²) in [6.07, 6.45) is 10.1. The molecule has 1 saturated carbocycles. The van der Waals surface area contributed by atoms with Gasteiger partial charge >= 0.3 is 0 Å². The van der Waals surface area contributed by atoms with Crippen LogP contribution in [0, 0.1) is 6.92 Å². The standard InChI is InChI=1S/C19H27N5O/c1-15-21-19(24(22-15)17-7-3-2-4-8-17)18(16-6-5-9-20-14-16)23-10-12-25-13-11-23/h5-6,9,14,17-18H,2-4,7-8,10-13H2,1H3/t18-/m1/s1. The van der Waals surface area contributed by atoms with Gasteiger partial charge < -0.3 is 4.74 Å². The molecule has 0 bridgehead atoms. The highest BCUT2D eigenvalue weighted by atomic mass is 16.5. The quantitative estimate of drug-likeness (QED) is 0.856. The monoisotopic (exact) mass is 341 g/mol. The second-order valence-corrected chi connectivity index (χ2v) is 7.09. The fourth-order valence-electron chi connectivity index (χ4n) is 4.12. The minimum atomic E-state index is 0.0979. The first-order chi connectivity index (χ1) is 12.3. The van der Waals surface area contributed by atoms with Crippen molar-refractivity contribution in [3.8, 4) is 0 Å². The smallest absolute Gasteiger partial charge is 0.149 e. The Morgan fingerprint density at radius 1 is 1.16 bits per heavy atom. The van der Waals surface area contributed by atoms with Crippen LogP contribution in [0.25, 0.3) is 0 Å². The molecule has 6 nitrogen and oxygen atoms in total. The number of morpholine rings is 1. The van der Waals surface area contributed by atoms with Crippen molar-refractivity contribution in [3.63, 3.8) is 0 Å². The summed E-state index contributed by atoms with van der Waals surface area (Å²) in [6.45, 7) is 5.37. The van der Waals surface area contributed by atoms with E-state index >= 15 is 0 Å². The molecule has 0 N–H and O–H groups in total. The lowest BCUT2D eigenvalue weighted by Gasteiger charge is -2.35. The van der Waals surface area contributed by atoms with E-state index in [4.69, 9.17) is 14.8 Å². The Hall–Kier alpha value is -1.79. The summed E-state index contributed by atoms with van der Waals surface area (Å²) in [6, 6.07) is 4.74. The molecule has 25 heavy (non-hydrogen) atoms. The number of hydrogen-bond acceptors (Lipinski definition) is 5. The first-order valence-corrected chi connectivity index (χ1v) is 9.47. The number of aromatic nitrogens is 4. The fourth-order valence-corrected chi connectivity index (χ4v) is 4.12. The van der Waals surface area contributed by atoms with Crippen LogP contribution < -0.4 is 0 Å². The van der Waals surface area contributed by atoms with Gasteiger partial charge in [0.2, 0.25) is 0 Å². The number of ether oxygens (including phenoxy) is 1. The van der Waals surface area contributed by atoms with Gasteiger partial charge in [-0.05, 0) is 31.4 Å². The lowest BCUT2D eigenvalue weighted by atomic mass is 9.95. The van der Waals surface area contributed by atoms with Gasteiger partial charge in [-0.2, -0.15) is 5.10 Å². The van der Waals surface area contributed by atoms with Gasteiger partial charge in [0.1, 0.15) is 11.6 Å². The average molecular weight is 341 g/mol. The molecule has 2 fully saturated rings. The number of pyridine rings is 1. The van der Waals surface area contributed by atoms with Crippen molar-refractivity contribution in [3.05, 3.63) is 41.7 Å². The first-order valence-electron chi connectivity index (χ1n) is 9.47. The van der Waals surface area contributed by atoms with Gasteiger partial charge in [-0.1, -0.05) is 25.3 Å². The Balaban J connectivity index is 1.74. The van der Waals surface area contributed by atoms with E-state index in [1.165, 1.54) is 37.7 Å². The predicted molar refractivity (Wildman–Crippen MR) is 95.4 cm³/mol. The lowest BCUT2D eigenvalue weighted by molar-refractivity contribution is 0.0211. The minimum Gasteiger partial charge on any atom is -0.379 e. The molecular weight excluding hydrogens is 314 g/mol. The van der Waals surface area contributed by atoms with Gasteiger partial charge in [-0.3, -0.25) is 9.88 Å². The van der Waals surface area contributed by atoms with Crippen molar-refractivity contribution in [1.29, 1.82) is 0 Å². The Bertz CT molecular complexity index is 674. The molecule has 0 unspecified atom stereocenters. The molecule has 1 aliphatic heterocycles. The summed E-state index contributed by atoms with van der Waals surface area (Å²) in [5.74, 6) is 1.93. The third-order valence-electron chi connectivity index (χ3n) is 5.34. The van der Waals surface area contributed by atoms with E-state index in [2.05, 4.69) is 20.6 Å². The third kappa shape index (κ3) is 3.60. The molecule has 0 aromatic carbocycles. The fraction of sp³-hybridized carbons (Fsp3) is 0.632.